The molecule has 3 heteroatoms. The molecule has 5 rings (SSSR count). The SMILES string of the molecule is O[C@]1(c2ccccc2)CCC[C@@H]2CN(Cc3cc4ccccc4o3)C[C@@H]21. The fraction of sp³-hybridized carbons (Fsp3) is 0.391. The summed E-state index contributed by atoms with van der Waals surface area (Å²) in [4.78, 5) is 2.46. The largest absolute Gasteiger partial charge is 0.460 e. The third-order valence-electron chi connectivity index (χ3n) is 6.39. The van der Waals surface area contributed by atoms with E-state index in [-0.39, 0.29) is 0 Å². The summed E-state index contributed by atoms with van der Waals surface area (Å²) in [7, 11) is 0. The molecule has 3 aromatic rings. The van der Waals surface area contributed by atoms with Crippen molar-refractivity contribution in [2.75, 3.05) is 13.1 Å². The molecule has 3 nitrogen and oxygen atoms in total. The van der Waals surface area contributed by atoms with Crippen molar-refractivity contribution in [3.63, 3.8) is 0 Å². The van der Waals surface area contributed by atoms with E-state index in [1.165, 1.54) is 11.8 Å². The molecular formula is C23H25NO2. The van der Waals surface area contributed by atoms with E-state index in [1.54, 1.807) is 0 Å². The summed E-state index contributed by atoms with van der Waals surface area (Å²) in [6, 6.07) is 20.6. The first-order valence-corrected chi connectivity index (χ1v) is 9.70. The standard InChI is InChI=1S/C23H25NO2/c25-23(19-9-2-1-3-10-19)12-6-8-18-14-24(16-21(18)23)15-20-13-17-7-4-5-11-22(17)26-20/h1-5,7,9-11,13,18,21,25H,6,8,12,14-16H2/t18-,21+,23+/m1/s1. The van der Waals surface area contributed by atoms with Crippen molar-refractivity contribution in [2.45, 2.75) is 31.4 Å². The number of benzene rings is 2. The number of likely N-dealkylation sites (tertiary alicyclic amines) is 1. The first-order valence-electron chi connectivity index (χ1n) is 9.70. The molecule has 0 amide bonds. The van der Waals surface area contributed by atoms with Gasteiger partial charge in [-0.2, -0.15) is 0 Å². The zero-order valence-corrected chi connectivity index (χ0v) is 15.0. The van der Waals surface area contributed by atoms with Crippen LogP contribution in [-0.2, 0) is 12.1 Å². The van der Waals surface area contributed by atoms with E-state index < -0.39 is 5.60 Å². The summed E-state index contributed by atoms with van der Waals surface area (Å²) < 4.78 is 6.02. The van der Waals surface area contributed by atoms with Crippen LogP contribution in [0.3, 0.4) is 0 Å². The van der Waals surface area contributed by atoms with Gasteiger partial charge in [0.05, 0.1) is 12.1 Å². The second-order valence-electron chi connectivity index (χ2n) is 7.99. The minimum atomic E-state index is -0.688. The highest BCUT2D eigenvalue weighted by Crippen LogP contribution is 2.48. The lowest BCUT2D eigenvalue weighted by molar-refractivity contribution is -0.0649. The molecule has 3 atom stereocenters. The van der Waals surface area contributed by atoms with E-state index in [4.69, 9.17) is 4.42 Å². The molecule has 26 heavy (non-hydrogen) atoms. The number of para-hydroxylation sites is 1. The number of hydrogen-bond acceptors (Lipinski definition) is 3. The minimum Gasteiger partial charge on any atom is -0.460 e. The molecule has 2 fully saturated rings. The van der Waals surface area contributed by atoms with Crippen LogP contribution < -0.4 is 0 Å². The summed E-state index contributed by atoms with van der Waals surface area (Å²) in [6.45, 7) is 2.82. The molecule has 1 aromatic heterocycles. The molecule has 1 saturated carbocycles. The molecule has 134 valence electrons. The van der Waals surface area contributed by atoms with Gasteiger partial charge >= 0.3 is 0 Å². The van der Waals surface area contributed by atoms with Crippen molar-refractivity contribution < 1.29 is 9.52 Å². The smallest absolute Gasteiger partial charge is 0.134 e. The summed E-state index contributed by atoms with van der Waals surface area (Å²) in [6.07, 6.45) is 3.19. The van der Waals surface area contributed by atoms with Crippen molar-refractivity contribution in [3.05, 3.63) is 72.0 Å². The Hall–Kier alpha value is -2.10. The predicted octanol–water partition coefficient (Wildman–Crippen LogP) is 4.55. The van der Waals surface area contributed by atoms with Crippen LogP contribution in [0.2, 0.25) is 0 Å². The molecule has 1 aliphatic heterocycles. The van der Waals surface area contributed by atoms with Crippen molar-refractivity contribution in [3.8, 4) is 0 Å². The molecule has 2 heterocycles. The summed E-state index contributed by atoms with van der Waals surface area (Å²) >= 11 is 0. The van der Waals surface area contributed by atoms with Gasteiger partial charge in [-0.05, 0) is 42.9 Å². The highest BCUT2D eigenvalue weighted by Gasteiger charge is 2.49. The third kappa shape index (κ3) is 2.67. The van der Waals surface area contributed by atoms with Gasteiger partial charge in [-0.1, -0.05) is 48.5 Å². The van der Waals surface area contributed by atoms with Gasteiger partial charge in [0.25, 0.3) is 0 Å². The quantitative estimate of drug-likeness (QED) is 0.755. The van der Waals surface area contributed by atoms with Crippen molar-refractivity contribution in [1.82, 2.24) is 4.90 Å². The van der Waals surface area contributed by atoms with Crippen LogP contribution in [0.15, 0.2) is 65.1 Å². The minimum absolute atomic E-state index is 0.308. The number of nitrogens with zero attached hydrogens (tertiary/aromatic N) is 1. The Morgan fingerprint density at radius 2 is 1.85 bits per heavy atom. The molecule has 0 radical (unpaired) electrons. The molecule has 1 N–H and O–H groups in total. The molecule has 2 aliphatic rings. The van der Waals surface area contributed by atoms with E-state index in [2.05, 4.69) is 29.2 Å². The fourth-order valence-electron chi connectivity index (χ4n) is 5.16. The van der Waals surface area contributed by atoms with Crippen LogP contribution in [0, 0.1) is 11.8 Å². The van der Waals surface area contributed by atoms with Crippen LogP contribution in [0.5, 0.6) is 0 Å². The maximum atomic E-state index is 11.6. The van der Waals surface area contributed by atoms with Crippen LogP contribution in [0.1, 0.15) is 30.6 Å². The summed E-state index contributed by atoms with van der Waals surface area (Å²) in [5, 5.41) is 12.7. The first-order chi connectivity index (χ1) is 12.7. The van der Waals surface area contributed by atoms with E-state index in [0.717, 1.165) is 49.4 Å². The summed E-state index contributed by atoms with van der Waals surface area (Å²) in [5.41, 5.74) is 1.35. The van der Waals surface area contributed by atoms with E-state index in [0.29, 0.717) is 11.8 Å². The third-order valence-corrected chi connectivity index (χ3v) is 6.39. The van der Waals surface area contributed by atoms with Gasteiger partial charge in [-0.25, -0.2) is 0 Å². The van der Waals surface area contributed by atoms with Gasteiger partial charge in [0, 0.05) is 24.4 Å². The molecular weight excluding hydrogens is 322 g/mol. The molecule has 2 aromatic carbocycles. The van der Waals surface area contributed by atoms with E-state index in [1.807, 2.05) is 36.4 Å². The average molecular weight is 347 g/mol. The number of hydrogen-bond donors (Lipinski definition) is 1. The van der Waals surface area contributed by atoms with Gasteiger partial charge < -0.3 is 9.52 Å². The lowest BCUT2D eigenvalue weighted by atomic mass is 9.67. The molecule has 0 bridgehead atoms. The summed E-state index contributed by atoms with van der Waals surface area (Å²) in [5.74, 6) is 1.90. The maximum Gasteiger partial charge on any atom is 0.134 e. The molecule has 0 spiro atoms. The Kier molecular flexibility index (Phi) is 3.87. The Morgan fingerprint density at radius 3 is 2.69 bits per heavy atom. The number of rotatable bonds is 3. The van der Waals surface area contributed by atoms with Crippen LogP contribution in [0.25, 0.3) is 11.0 Å². The monoisotopic (exact) mass is 347 g/mol. The van der Waals surface area contributed by atoms with Gasteiger partial charge in [0.1, 0.15) is 11.3 Å². The van der Waals surface area contributed by atoms with Gasteiger partial charge in [0.15, 0.2) is 0 Å². The van der Waals surface area contributed by atoms with Crippen LogP contribution in [-0.4, -0.2) is 23.1 Å². The maximum absolute atomic E-state index is 11.6. The van der Waals surface area contributed by atoms with Crippen LogP contribution in [0.4, 0.5) is 0 Å². The van der Waals surface area contributed by atoms with Gasteiger partial charge in [-0.3, -0.25) is 4.90 Å². The molecule has 1 aliphatic carbocycles. The molecule has 1 saturated heterocycles. The predicted molar refractivity (Wildman–Crippen MR) is 103 cm³/mol. The normalized spacial score (nSPS) is 29.1. The second kappa shape index (κ2) is 6.26. The Morgan fingerprint density at radius 1 is 1.04 bits per heavy atom. The van der Waals surface area contributed by atoms with Crippen molar-refractivity contribution in [2.24, 2.45) is 11.8 Å². The topological polar surface area (TPSA) is 36.6 Å². The average Bonchev–Trinajstić information content (AvgIpc) is 3.26. The Labute approximate surface area is 154 Å². The number of aliphatic hydroxyl groups is 1. The Bertz CT molecular complexity index is 870. The number of furan rings is 1. The highest BCUT2D eigenvalue weighted by atomic mass is 16.3. The molecule has 0 unspecified atom stereocenters. The first kappa shape index (κ1) is 16.1. The number of fused-ring (bicyclic) bond motifs is 2. The highest BCUT2D eigenvalue weighted by molar-refractivity contribution is 5.77. The van der Waals surface area contributed by atoms with Crippen molar-refractivity contribution in [1.29, 1.82) is 0 Å². The zero-order valence-electron chi connectivity index (χ0n) is 15.0. The van der Waals surface area contributed by atoms with E-state index in [9.17, 15) is 5.11 Å². The van der Waals surface area contributed by atoms with Crippen LogP contribution >= 0.6 is 0 Å². The van der Waals surface area contributed by atoms with Crippen molar-refractivity contribution >= 4 is 11.0 Å². The Balaban J connectivity index is 1.38. The zero-order chi connectivity index (χ0) is 17.6. The van der Waals surface area contributed by atoms with Gasteiger partial charge in [0.2, 0.25) is 0 Å². The van der Waals surface area contributed by atoms with Gasteiger partial charge in [-0.15, -0.1) is 0 Å². The lowest BCUT2D eigenvalue weighted by Gasteiger charge is -2.41. The lowest BCUT2D eigenvalue weighted by Crippen LogP contribution is -2.42. The van der Waals surface area contributed by atoms with E-state index >= 15 is 0 Å². The fourth-order valence-corrected chi connectivity index (χ4v) is 5.16. The second-order valence-corrected chi connectivity index (χ2v) is 7.99.